The van der Waals surface area contributed by atoms with Gasteiger partial charge in [0, 0.05) is 18.2 Å². The topological polar surface area (TPSA) is 47.6 Å². The fraction of sp³-hybridized carbons (Fsp3) is 0.533. The molecule has 0 aromatic heterocycles. The van der Waals surface area contributed by atoms with E-state index in [1.54, 1.807) is 0 Å². The Balaban J connectivity index is 2.25. The Morgan fingerprint density at radius 3 is 2.42 bits per heavy atom. The number of carbonyl (C=O) groups excluding carboxylic acids is 1. The summed E-state index contributed by atoms with van der Waals surface area (Å²) >= 11 is 0. The van der Waals surface area contributed by atoms with E-state index in [0.717, 1.165) is 29.7 Å². The minimum atomic E-state index is -0.685. The molecule has 1 fully saturated rings. The Bertz CT molecular complexity index is 462. The number of carbonyl (C=O) groups is 1. The van der Waals surface area contributed by atoms with Gasteiger partial charge in [0.25, 0.3) is 0 Å². The molecule has 1 heterocycles. The molecule has 2 rings (SSSR count). The van der Waals surface area contributed by atoms with Crippen molar-refractivity contribution in [2.45, 2.75) is 39.4 Å². The van der Waals surface area contributed by atoms with E-state index in [2.05, 4.69) is 5.32 Å². The monoisotopic (exact) mass is 263 g/mol. The fourth-order valence-electron chi connectivity index (χ4n) is 2.22. The molecule has 0 aliphatic carbocycles. The van der Waals surface area contributed by atoms with Crippen LogP contribution in [0.1, 0.15) is 37.8 Å². The highest BCUT2D eigenvalue weighted by atomic mass is 16.7. The predicted molar refractivity (Wildman–Crippen MR) is 74.0 cm³/mol. The summed E-state index contributed by atoms with van der Waals surface area (Å²) in [6.45, 7) is 6.85. The van der Waals surface area contributed by atoms with Crippen molar-refractivity contribution in [3.63, 3.8) is 0 Å². The van der Waals surface area contributed by atoms with Gasteiger partial charge in [0.15, 0.2) is 5.79 Å². The van der Waals surface area contributed by atoms with Crippen LogP contribution in [-0.4, -0.2) is 19.1 Å². The van der Waals surface area contributed by atoms with Crippen LogP contribution in [0.2, 0.25) is 0 Å². The van der Waals surface area contributed by atoms with Gasteiger partial charge in [0.05, 0.1) is 13.2 Å². The lowest BCUT2D eigenvalue weighted by Gasteiger charge is -2.29. The van der Waals surface area contributed by atoms with Gasteiger partial charge >= 0.3 is 0 Å². The van der Waals surface area contributed by atoms with E-state index in [9.17, 15) is 4.79 Å². The Kier molecular flexibility index (Phi) is 4.22. The second-order valence-electron chi connectivity index (χ2n) is 5.06. The first-order valence-corrected chi connectivity index (χ1v) is 6.68. The van der Waals surface area contributed by atoms with Crippen LogP contribution in [0, 0.1) is 6.92 Å². The summed E-state index contributed by atoms with van der Waals surface area (Å²) in [7, 11) is 0. The van der Waals surface area contributed by atoms with E-state index in [-0.39, 0.29) is 5.91 Å². The quantitative estimate of drug-likeness (QED) is 0.892. The maximum atomic E-state index is 11.1. The summed E-state index contributed by atoms with van der Waals surface area (Å²) in [5.41, 5.74) is 2.82. The van der Waals surface area contributed by atoms with Gasteiger partial charge in [-0.05, 0) is 44.4 Å². The predicted octanol–water partition coefficient (Wildman–Crippen LogP) is 2.95. The Morgan fingerprint density at radius 2 is 1.89 bits per heavy atom. The molecule has 4 heteroatoms. The zero-order chi connectivity index (χ0) is 13.9. The van der Waals surface area contributed by atoms with Crippen molar-refractivity contribution in [1.82, 2.24) is 0 Å². The van der Waals surface area contributed by atoms with Crippen molar-refractivity contribution in [1.29, 1.82) is 0 Å². The first-order chi connectivity index (χ1) is 9.01. The van der Waals surface area contributed by atoms with Gasteiger partial charge in [-0.3, -0.25) is 4.79 Å². The zero-order valence-corrected chi connectivity index (χ0v) is 11.8. The molecule has 1 aliphatic rings. The van der Waals surface area contributed by atoms with Gasteiger partial charge < -0.3 is 14.8 Å². The lowest BCUT2D eigenvalue weighted by Crippen LogP contribution is -2.28. The smallest absolute Gasteiger partial charge is 0.221 e. The number of nitrogens with one attached hydrogen (secondary N) is 1. The molecule has 19 heavy (non-hydrogen) atoms. The van der Waals surface area contributed by atoms with E-state index in [0.29, 0.717) is 13.2 Å². The number of hydrogen-bond donors (Lipinski definition) is 1. The Morgan fingerprint density at radius 1 is 1.26 bits per heavy atom. The van der Waals surface area contributed by atoms with Crippen LogP contribution in [0.4, 0.5) is 5.69 Å². The maximum Gasteiger partial charge on any atom is 0.221 e. The molecule has 1 aliphatic heterocycles. The number of hydrogen-bond acceptors (Lipinski definition) is 3. The summed E-state index contributed by atoms with van der Waals surface area (Å²) in [6.07, 6.45) is 2.05. The molecule has 104 valence electrons. The van der Waals surface area contributed by atoms with Crippen LogP contribution in [0.3, 0.4) is 0 Å². The van der Waals surface area contributed by atoms with Crippen molar-refractivity contribution in [3.05, 3.63) is 29.3 Å². The van der Waals surface area contributed by atoms with E-state index in [4.69, 9.17) is 9.47 Å². The molecule has 0 spiro atoms. The molecule has 4 nitrogen and oxygen atoms in total. The fourth-order valence-corrected chi connectivity index (χ4v) is 2.22. The van der Waals surface area contributed by atoms with Gasteiger partial charge in [0.1, 0.15) is 0 Å². The summed E-state index contributed by atoms with van der Waals surface area (Å²) in [5.74, 6) is -0.750. The molecule has 1 N–H and O–H groups in total. The molecule has 1 aromatic carbocycles. The zero-order valence-electron chi connectivity index (χ0n) is 11.8. The van der Waals surface area contributed by atoms with Crippen molar-refractivity contribution >= 4 is 11.6 Å². The van der Waals surface area contributed by atoms with Crippen LogP contribution in [0.25, 0.3) is 0 Å². The molecule has 0 radical (unpaired) electrons. The van der Waals surface area contributed by atoms with Crippen LogP contribution in [0.15, 0.2) is 18.2 Å². The van der Waals surface area contributed by atoms with Gasteiger partial charge in [-0.25, -0.2) is 0 Å². The minimum absolute atomic E-state index is 0.0657. The third-order valence-electron chi connectivity index (χ3n) is 3.36. The summed E-state index contributed by atoms with van der Waals surface area (Å²) in [4.78, 5) is 11.1. The normalized spacial score (nSPS) is 18.7. The van der Waals surface area contributed by atoms with E-state index < -0.39 is 5.79 Å². The lowest BCUT2D eigenvalue weighted by molar-refractivity contribution is -0.221. The highest BCUT2D eigenvalue weighted by molar-refractivity contribution is 5.89. The van der Waals surface area contributed by atoms with Gasteiger partial charge in [0.2, 0.25) is 5.91 Å². The van der Waals surface area contributed by atoms with Crippen LogP contribution >= 0.6 is 0 Å². The van der Waals surface area contributed by atoms with Crippen molar-refractivity contribution in [2.24, 2.45) is 0 Å². The van der Waals surface area contributed by atoms with E-state index >= 15 is 0 Å². The summed E-state index contributed by atoms with van der Waals surface area (Å²) in [6, 6.07) is 5.86. The first kappa shape index (κ1) is 14.0. The molecule has 0 atom stereocenters. The standard InChI is InChI=1S/C15H21NO3/c1-11-10-13(6-7-14(11)16-12(2)17)15(3)18-8-4-5-9-19-15/h6-7,10H,4-5,8-9H2,1-3H3,(H,16,17). The Labute approximate surface area is 114 Å². The minimum Gasteiger partial charge on any atom is -0.346 e. The molecular formula is C15H21NO3. The lowest BCUT2D eigenvalue weighted by atomic mass is 10.0. The maximum absolute atomic E-state index is 11.1. The summed E-state index contributed by atoms with van der Waals surface area (Å²) < 4.78 is 11.7. The third-order valence-corrected chi connectivity index (χ3v) is 3.36. The largest absolute Gasteiger partial charge is 0.346 e. The molecule has 1 saturated heterocycles. The van der Waals surface area contributed by atoms with Gasteiger partial charge in [-0.2, -0.15) is 0 Å². The van der Waals surface area contributed by atoms with Crippen LogP contribution in [-0.2, 0) is 20.1 Å². The first-order valence-electron chi connectivity index (χ1n) is 6.68. The number of anilines is 1. The van der Waals surface area contributed by atoms with Crippen LogP contribution < -0.4 is 5.32 Å². The van der Waals surface area contributed by atoms with Crippen molar-refractivity contribution in [2.75, 3.05) is 18.5 Å². The van der Waals surface area contributed by atoms with Crippen molar-refractivity contribution < 1.29 is 14.3 Å². The van der Waals surface area contributed by atoms with Gasteiger partial charge in [-0.1, -0.05) is 6.07 Å². The van der Waals surface area contributed by atoms with Crippen molar-refractivity contribution in [3.8, 4) is 0 Å². The molecule has 1 aromatic rings. The van der Waals surface area contributed by atoms with Crippen LogP contribution in [0.5, 0.6) is 0 Å². The highest BCUT2D eigenvalue weighted by Crippen LogP contribution is 2.31. The molecule has 0 bridgehead atoms. The number of benzene rings is 1. The Hall–Kier alpha value is -1.39. The number of ether oxygens (including phenoxy) is 2. The van der Waals surface area contributed by atoms with E-state index in [1.165, 1.54) is 6.92 Å². The third kappa shape index (κ3) is 3.33. The average Bonchev–Trinajstić information content (AvgIpc) is 2.57. The highest BCUT2D eigenvalue weighted by Gasteiger charge is 2.30. The van der Waals surface area contributed by atoms with Gasteiger partial charge in [-0.15, -0.1) is 0 Å². The molecule has 0 saturated carbocycles. The number of rotatable bonds is 2. The number of amides is 1. The molecular weight excluding hydrogens is 242 g/mol. The average molecular weight is 263 g/mol. The second kappa shape index (κ2) is 5.72. The summed E-state index contributed by atoms with van der Waals surface area (Å²) in [5, 5.41) is 2.81. The SMILES string of the molecule is CC(=O)Nc1ccc(C2(C)OCCCCO2)cc1C. The van der Waals surface area contributed by atoms with E-state index in [1.807, 2.05) is 32.0 Å². The second-order valence-corrected chi connectivity index (χ2v) is 5.06. The molecule has 0 unspecified atom stereocenters. The molecule has 1 amide bonds. The number of aryl methyl sites for hydroxylation is 1.